The molecule has 1 unspecified atom stereocenters. The van der Waals surface area contributed by atoms with Crippen LogP contribution in [-0.2, 0) is 16.6 Å². The van der Waals surface area contributed by atoms with E-state index in [1.807, 2.05) is 19.0 Å². The van der Waals surface area contributed by atoms with Crippen LogP contribution in [0.2, 0.25) is 0 Å². The third-order valence-corrected chi connectivity index (χ3v) is 5.80. The second-order valence-electron chi connectivity index (χ2n) is 6.78. The molecule has 0 aliphatic heterocycles. The van der Waals surface area contributed by atoms with Gasteiger partial charge in [0.05, 0.1) is 36.3 Å². The number of benzene rings is 1. The molecule has 0 saturated heterocycles. The molecule has 9 heteroatoms. The van der Waals surface area contributed by atoms with Crippen molar-refractivity contribution in [2.45, 2.75) is 10.8 Å². The smallest absolute Gasteiger partial charge is 0.258 e. The molecule has 2 heterocycles. The summed E-state index contributed by atoms with van der Waals surface area (Å²) in [6, 6.07) is 12.0. The molecule has 1 aromatic carbocycles. The van der Waals surface area contributed by atoms with Crippen LogP contribution in [0.4, 0.5) is 11.5 Å². The molecule has 162 valence electrons. The van der Waals surface area contributed by atoms with Gasteiger partial charge in [0.1, 0.15) is 22.3 Å². The topological polar surface area (TPSA) is 93.6 Å². The molecule has 0 saturated carbocycles. The molecule has 1 amide bonds. The minimum absolute atomic E-state index is 0.143. The van der Waals surface area contributed by atoms with E-state index in [1.165, 1.54) is 13.3 Å². The van der Waals surface area contributed by atoms with E-state index in [0.717, 1.165) is 5.56 Å². The van der Waals surface area contributed by atoms with E-state index >= 15 is 0 Å². The average Bonchev–Trinajstić information content (AvgIpc) is 2.79. The van der Waals surface area contributed by atoms with Crippen molar-refractivity contribution in [1.29, 1.82) is 0 Å². The van der Waals surface area contributed by atoms with Gasteiger partial charge in [-0.2, -0.15) is 0 Å². The first-order valence-corrected chi connectivity index (χ1v) is 10.7. The fraction of sp³-hybridized carbons (Fsp3) is 0.227. The lowest BCUT2D eigenvalue weighted by atomic mass is 10.2. The molecule has 2 aromatic heterocycles. The van der Waals surface area contributed by atoms with E-state index in [1.54, 1.807) is 55.8 Å². The van der Waals surface area contributed by atoms with Crippen LogP contribution in [0.25, 0.3) is 0 Å². The minimum Gasteiger partial charge on any atom is -0.497 e. The Morgan fingerprint density at radius 2 is 1.87 bits per heavy atom. The SMILES string of the molecule is COc1ccc(CS(=O)c2ncccc2C(=O)Nc2ccnc(N(C)C)c2)c(OC)c1. The molecular weight excluding hydrogens is 416 g/mol. The normalized spacial score (nSPS) is 11.5. The van der Waals surface area contributed by atoms with Crippen LogP contribution in [0.3, 0.4) is 0 Å². The Labute approximate surface area is 183 Å². The highest BCUT2D eigenvalue weighted by Gasteiger charge is 2.19. The van der Waals surface area contributed by atoms with Gasteiger partial charge < -0.3 is 19.7 Å². The second kappa shape index (κ2) is 10.0. The van der Waals surface area contributed by atoms with Gasteiger partial charge >= 0.3 is 0 Å². The molecule has 0 bridgehead atoms. The number of hydrogen-bond acceptors (Lipinski definition) is 7. The molecule has 8 nitrogen and oxygen atoms in total. The summed E-state index contributed by atoms with van der Waals surface area (Å²) in [5.74, 6) is 1.65. The number of carbonyl (C=O) groups excluding carboxylic acids is 1. The summed E-state index contributed by atoms with van der Waals surface area (Å²) in [6.45, 7) is 0. The Hall–Kier alpha value is -3.46. The summed E-state index contributed by atoms with van der Waals surface area (Å²) < 4.78 is 23.7. The van der Waals surface area contributed by atoms with Crippen LogP contribution in [0, 0.1) is 0 Å². The van der Waals surface area contributed by atoms with E-state index in [-0.39, 0.29) is 16.3 Å². The molecule has 31 heavy (non-hydrogen) atoms. The van der Waals surface area contributed by atoms with Crippen molar-refractivity contribution in [2.24, 2.45) is 0 Å². The van der Waals surface area contributed by atoms with Gasteiger partial charge in [0.2, 0.25) is 0 Å². The molecule has 3 aromatic rings. The van der Waals surface area contributed by atoms with Crippen molar-refractivity contribution >= 4 is 28.2 Å². The van der Waals surface area contributed by atoms with Crippen molar-refractivity contribution in [3.8, 4) is 11.5 Å². The maximum atomic E-state index is 13.1. The number of carbonyl (C=O) groups is 1. The third-order valence-electron chi connectivity index (χ3n) is 4.47. The number of anilines is 2. The summed E-state index contributed by atoms with van der Waals surface area (Å²) in [5.41, 5.74) is 1.56. The quantitative estimate of drug-likeness (QED) is 0.575. The Morgan fingerprint density at radius 3 is 2.58 bits per heavy atom. The predicted molar refractivity (Wildman–Crippen MR) is 120 cm³/mol. The van der Waals surface area contributed by atoms with Gasteiger partial charge in [-0.15, -0.1) is 0 Å². The Morgan fingerprint density at radius 1 is 1.06 bits per heavy atom. The number of rotatable bonds is 8. The van der Waals surface area contributed by atoms with Crippen LogP contribution in [-0.4, -0.2) is 48.4 Å². The number of pyridine rings is 2. The summed E-state index contributed by atoms with van der Waals surface area (Å²) in [5, 5.41) is 3.04. The van der Waals surface area contributed by atoms with Gasteiger partial charge in [0.15, 0.2) is 0 Å². The number of methoxy groups -OCH3 is 2. The van der Waals surface area contributed by atoms with Crippen molar-refractivity contribution in [1.82, 2.24) is 9.97 Å². The van der Waals surface area contributed by atoms with E-state index in [9.17, 15) is 9.00 Å². The van der Waals surface area contributed by atoms with Crippen LogP contribution in [0.15, 0.2) is 59.9 Å². The molecule has 1 N–H and O–H groups in total. The highest BCUT2D eigenvalue weighted by atomic mass is 32.2. The summed E-state index contributed by atoms with van der Waals surface area (Å²) in [7, 11) is 5.26. The molecule has 0 radical (unpaired) electrons. The molecule has 0 spiro atoms. The zero-order chi connectivity index (χ0) is 22.4. The number of amides is 1. The first kappa shape index (κ1) is 22.2. The molecule has 1 atom stereocenters. The molecule has 0 fully saturated rings. The molecule has 0 aliphatic carbocycles. The van der Waals surface area contributed by atoms with Crippen LogP contribution < -0.4 is 19.7 Å². The van der Waals surface area contributed by atoms with E-state index in [0.29, 0.717) is 23.0 Å². The fourth-order valence-corrected chi connectivity index (χ4v) is 4.11. The number of nitrogens with one attached hydrogen (secondary N) is 1. The summed E-state index contributed by atoms with van der Waals surface area (Å²) in [4.78, 5) is 23.2. The van der Waals surface area contributed by atoms with E-state index in [2.05, 4.69) is 15.3 Å². The van der Waals surface area contributed by atoms with Crippen LogP contribution >= 0.6 is 0 Å². The van der Waals surface area contributed by atoms with Gasteiger partial charge in [-0.1, -0.05) is 6.07 Å². The van der Waals surface area contributed by atoms with Gasteiger partial charge in [-0.05, 0) is 24.3 Å². The molecular formula is C22H24N4O4S. The number of aromatic nitrogens is 2. The monoisotopic (exact) mass is 440 g/mol. The predicted octanol–water partition coefficient (Wildman–Crippen LogP) is 3.12. The first-order valence-electron chi connectivity index (χ1n) is 9.42. The highest BCUT2D eigenvalue weighted by Crippen LogP contribution is 2.27. The lowest BCUT2D eigenvalue weighted by Crippen LogP contribution is -2.17. The largest absolute Gasteiger partial charge is 0.497 e. The van der Waals surface area contributed by atoms with Crippen LogP contribution in [0.5, 0.6) is 11.5 Å². The van der Waals surface area contributed by atoms with E-state index < -0.39 is 16.7 Å². The maximum Gasteiger partial charge on any atom is 0.258 e. The lowest BCUT2D eigenvalue weighted by Gasteiger charge is -2.14. The Kier molecular flexibility index (Phi) is 7.19. The zero-order valence-corrected chi connectivity index (χ0v) is 18.6. The van der Waals surface area contributed by atoms with Crippen LogP contribution in [0.1, 0.15) is 15.9 Å². The number of ether oxygens (including phenoxy) is 2. The summed E-state index contributed by atoms with van der Waals surface area (Å²) in [6.07, 6.45) is 3.13. The lowest BCUT2D eigenvalue weighted by molar-refractivity contribution is 0.102. The maximum absolute atomic E-state index is 13.1. The van der Waals surface area contributed by atoms with Crippen molar-refractivity contribution < 1.29 is 18.5 Å². The van der Waals surface area contributed by atoms with Gasteiger partial charge in [0, 0.05) is 49.9 Å². The standard InChI is InChI=1S/C22H24N4O4S/c1-26(2)20-12-16(9-11-23-20)25-21(27)18-6-5-10-24-22(18)31(28)14-15-7-8-17(29-3)13-19(15)30-4/h5-13H,14H2,1-4H3,(H,23,25,27). The first-order chi connectivity index (χ1) is 14.9. The van der Waals surface area contributed by atoms with Crippen molar-refractivity contribution in [3.05, 3.63) is 66.0 Å². The zero-order valence-electron chi connectivity index (χ0n) is 17.8. The van der Waals surface area contributed by atoms with Gasteiger partial charge in [0.25, 0.3) is 5.91 Å². The minimum atomic E-state index is -1.57. The number of nitrogens with zero attached hydrogens (tertiary/aromatic N) is 3. The van der Waals surface area contributed by atoms with E-state index in [4.69, 9.17) is 9.47 Å². The third kappa shape index (κ3) is 5.37. The van der Waals surface area contributed by atoms with Crippen molar-refractivity contribution in [3.63, 3.8) is 0 Å². The van der Waals surface area contributed by atoms with Gasteiger partial charge in [-0.3, -0.25) is 9.00 Å². The Balaban J connectivity index is 1.84. The second-order valence-corrected chi connectivity index (χ2v) is 8.14. The fourth-order valence-electron chi connectivity index (χ4n) is 2.86. The molecule has 3 rings (SSSR count). The Bertz CT molecular complexity index is 1100. The van der Waals surface area contributed by atoms with Gasteiger partial charge in [-0.25, -0.2) is 9.97 Å². The average molecular weight is 441 g/mol. The highest BCUT2D eigenvalue weighted by molar-refractivity contribution is 7.84. The van der Waals surface area contributed by atoms with Crippen molar-refractivity contribution in [2.75, 3.05) is 38.5 Å². The molecule has 0 aliphatic rings. The summed E-state index contributed by atoms with van der Waals surface area (Å²) >= 11 is 0. The number of hydrogen-bond donors (Lipinski definition) is 1.